The first-order valence-electron chi connectivity index (χ1n) is 6.42. The summed E-state index contributed by atoms with van der Waals surface area (Å²) in [6.45, 7) is 7.80. The summed E-state index contributed by atoms with van der Waals surface area (Å²) in [5, 5.41) is 9.04. The van der Waals surface area contributed by atoms with E-state index in [2.05, 4.69) is 29.8 Å². The second-order valence-corrected chi connectivity index (χ2v) is 4.83. The molecule has 0 radical (unpaired) electrons. The molecule has 1 fully saturated rings. The number of hydrogen-bond donors (Lipinski definition) is 0. The van der Waals surface area contributed by atoms with Crippen LogP contribution in [-0.2, 0) is 4.74 Å². The monoisotopic (exact) mass is 245 g/mol. The zero-order valence-electron chi connectivity index (χ0n) is 11.2. The number of rotatable bonds is 2. The molecule has 2 heterocycles. The van der Waals surface area contributed by atoms with E-state index in [0.717, 1.165) is 30.9 Å². The standard InChI is InChI=1S/C14H19N3O/c1-4-12-9-17(8-11(3)18-12)14-6-5-10(2)13(7-15)16-14/h5-6,11-12H,4,8-9H2,1-3H3. The van der Waals surface area contributed by atoms with E-state index in [1.807, 2.05) is 19.1 Å². The smallest absolute Gasteiger partial charge is 0.145 e. The van der Waals surface area contributed by atoms with Crippen LogP contribution < -0.4 is 4.90 Å². The minimum atomic E-state index is 0.206. The van der Waals surface area contributed by atoms with Gasteiger partial charge >= 0.3 is 0 Å². The van der Waals surface area contributed by atoms with Crippen LogP contribution in [0.4, 0.5) is 5.82 Å². The van der Waals surface area contributed by atoms with Gasteiger partial charge in [-0.25, -0.2) is 4.98 Å². The molecule has 4 heteroatoms. The second-order valence-electron chi connectivity index (χ2n) is 4.83. The van der Waals surface area contributed by atoms with Crippen LogP contribution in [0.2, 0.25) is 0 Å². The van der Waals surface area contributed by atoms with Crippen molar-refractivity contribution >= 4 is 5.82 Å². The van der Waals surface area contributed by atoms with Gasteiger partial charge in [-0.1, -0.05) is 13.0 Å². The average molecular weight is 245 g/mol. The lowest BCUT2D eigenvalue weighted by Crippen LogP contribution is -2.46. The molecule has 0 saturated carbocycles. The van der Waals surface area contributed by atoms with Crippen molar-refractivity contribution in [2.45, 2.75) is 39.4 Å². The maximum atomic E-state index is 9.04. The summed E-state index contributed by atoms with van der Waals surface area (Å²) in [6.07, 6.45) is 1.46. The number of pyridine rings is 1. The maximum absolute atomic E-state index is 9.04. The topological polar surface area (TPSA) is 49.2 Å². The Hall–Kier alpha value is -1.60. The Morgan fingerprint density at radius 2 is 2.28 bits per heavy atom. The highest BCUT2D eigenvalue weighted by atomic mass is 16.5. The van der Waals surface area contributed by atoms with E-state index >= 15 is 0 Å². The van der Waals surface area contributed by atoms with Crippen molar-refractivity contribution < 1.29 is 4.74 Å². The molecule has 0 aliphatic carbocycles. The van der Waals surface area contributed by atoms with Crippen LogP contribution in [0.25, 0.3) is 0 Å². The minimum absolute atomic E-state index is 0.206. The van der Waals surface area contributed by atoms with E-state index < -0.39 is 0 Å². The van der Waals surface area contributed by atoms with Crippen molar-refractivity contribution in [3.63, 3.8) is 0 Å². The molecule has 0 aromatic carbocycles. The number of morpholine rings is 1. The van der Waals surface area contributed by atoms with Gasteiger partial charge in [0.05, 0.1) is 12.2 Å². The summed E-state index contributed by atoms with van der Waals surface area (Å²) in [6, 6.07) is 6.09. The number of nitrogens with zero attached hydrogens (tertiary/aromatic N) is 3. The Bertz CT molecular complexity index is 467. The summed E-state index contributed by atoms with van der Waals surface area (Å²) in [5.41, 5.74) is 1.44. The summed E-state index contributed by atoms with van der Waals surface area (Å²) in [5.74, 6) is 0.880. The van der Waals surface area contributed by atoms with Gasteiger partial charge in [0.15, 0.2) is 0 Å². The zero-order chi connectivity index (χ0) is 13.1. The van der Waals surface area contributed by atoms with Gasteiger partial charge in [0.2, 0.25) is 0 Å². The highest BCUT2D eigenvalue weighted by Gasteiger charge is 2.25. The lowest BCUT2D eigenvalue weighted by molar-refractivity contribution is -0.0174. The van der Waals surface area contributed by atoms with Gasteiger partial charge < -0.3 is 9.64 Å². The third-order valence-corrected chi connectivity index (χ3v) is 3.29. The molecule has 1 saturated heterocycles. The zero-order valence-corrected chi connectivity index (χ0v) is 11.2. The fourth-order valence-electron chi connectivity index (χ4n) is 2.27. The van der Waals surface area contributed by atoms with Gasteiger partial charge in [-0.2, -0.15) is 5.26 Å². The summed E-state index contributed by atoms with van der Waals surface area (Å²) in [7, 11) is 0. The molecular weight excluding hydrogens is 226 g/mol. The van der Waals surface area contributed by atoms with Crippen LogP contribution in [0, 0.1) is 18.3 Å². The van der Waals surface area contributed by atoms with E-state index in [4.69, 9.17) is 10.00 Å². The predicted octanol–water partition coefficient (Wildman–Crippen LogP) is 2.27. The Balaban J connectivity index is 2.23. The predicted molar refractivity (Wildman–Crippen MR) is 70.5 cm³/mol. The van der Waals surface area contributed by atoms with Gasteiger partial charge in [0.1, 0.15) is 17.6 Å². The van der Waals surface area contributed by atoms with Crippen LogP contribution in [0.5, 0.6) is 0 Å². The van der Waals surface area contributed by atoms with Crippen LogP contribution in [0.3, 0.4) is 0 Å². The molecule has 0 N–H and O–H groups in total. The Morgan fingerprint density at radius 3 is 2.94 bits per heavy atom. The van der Waals surface area contributed by atoms with E-state index in [1.165, 1.54) is 0 Å². The summed E-state index contributed by atoms with van der Waals surface area (Å²) >= 11 is 0. The lowest BCUT2D eigenvalue weighted by Gasteiger charge is -2.37. The van der Waals surface area contributed by atoms with E-state index in [9.17, 15) is 0 Å². The maximum Gasteiger partial charge on any atom is 0.145 e. The van der Waals surface area contributed by atoms with E-state index in [0.29, 0.717) is 5.69 Å². The molecule has 1 aliphatic heterocycles. The molecule has 18 heavy (non-hydrogen) atoms. The fraction of sp³-hybridized carbons (Fsp3) is 0.571. The lowest BCUT2D eigenvalue weighted by atomic mass is 10.1. The largest absolute Gasteiger partial charge is 0.372 e. The fourth-order valence-corrected chi connectivity index (χ4v) is 2.27. The molecule has 4 nitrogen and oxygen atoms in total. The van der Waals surface area contributed by atoms with Crippen LogP contribution in [0.1, 0.15) is 31.5 Å². The first kappa shape index (κ1) is 12.8. The summed E-state index contributed by atoms with van der Waals surface area (Å²) in [4.78, 5) is 6.64. The van der Waals surface area contributed by atoms with Gasteiger partial charge in [0, 0.05) is 13.1 Å². The molecular formula is C14H19N3O. The molecule has 96 valence electrons. The number of hydrogen-bond acceptors (Lipinski definition) is 4. The van der Waals surface area contributed by atoms with Gasteiger partial charge in [-0.3, -0.25) is 0 Å². The van der Waals surface area contributed by atoms with E-state index in [-0.39, 0.29) is 12.2 Å². The minimum Gasteiger partial charge on any atom is -0.372 e. The van der Waals surface area contributed by atoms with Crippen molar-refractivity contribution in [1.82, 2.24) is 4.98 Å². The van der Waals surface area contributed by atoms with Gasteiger partial charge in [-0.15, -0.1) is 0 Å². The van der Waals surface area contributed by atoms with Crippen molar-refractivity contribution in [2.24, 2.45) is 0 Å². The molecule has 1 aromatic rings. The SMILES string of the molecule is CCC1CN(c2ccc(C)c(C#N)n2)CC(C)O1. The highest BCUT2D eigenvalue weighted by Crippen LogP contribution is 2.21. The number of ether oxygens (including phenoxy) is 1. The average Bonchev–Trinajstić information content (AvgIpc) is 2.38. The van der Waals surface area contributed by atoms with E-state index in [1.54, 1.807) is 0 Å². The first-order valence-corrected chi connectivity index (χ1v) is 6.42. The molecule has 0 bridgehead atoms. The normalized spacial score (nSPS) is 23.8. The third kappa shape index (κ3) is 2.62. The highest BCUT2D eigenvalue weighted by molar-refractivity contribution is 5.45. The van der Waals surface area contributed by atoms with Crippen molar-refractivity contribution in [3.05, 3.63) is 23.4 Å². The molecule has 1 aromatic heterocycles. The van der Waals surface area contributed by atoms with Crippen molar-refractivity contribution in [2.75, 3.05) is 18.0 Å². The second kappa shape index (κ2) is 5.36. The molecule has 1 aliphatic rings. The Morgan fingerprint density at radius 1 is 1.50 bits per heavy atom. The van der Waals surface area contributed by atoms with Crippen molar-refractivity contribution in [3.8, 4) is 6.07 Å². The van der Waals surface area contributed by atoms with Crippen LogP contribution >= 0.6 is 0 Å². The number of anilines is 1. The van der Waals surface area contributed by atoms with Crippen LogP contribution in [0.15, 0.2) is 12.1 Å². The Labute approximate surface area is 108 Å². The molecule has 0 amide bonds. The quantitative estimate of drug-likeness (QED) is 0.802. The Kier molecular flexibility index (Phi) is 3.83. The first-order chi connectivity index (χ1) is 8.63. The van der Waals surface area contributed by atoms with Gasteiger partial charge in [-0.05, 0) is 31.9 Å². The number of aromatic nitrogens is 1. The van der Waals surface area contributed by atoms with Crippen molar-refractivity contribution in [1.29, 1.82) is 5.26 Å². The molecule has 2 rings (SSSR count). The molecule has 2 unspecified atom stereocenters. The molecule has 2 atom stereocenters. The number of aryl methyl sites for hydroxylation is 1. The third-order valence-electron chi connectivity index (χ3n) is 3.29. The van der Waals surface area contributed by atoms with Crippen LogP contribution in [-0.4, -0.2) is 30.3 Å². The van der Waals surface area contributed by atoms with Gasteiger partial charge in [0.25, 0.3) is 0 Å². The summed E-state index contributed by atoms with van der Waals surface area (Å²) < 4.78 is 5.83. The molecule has 0 spiro atoms. The number of nitriles is 1.